The van der Waals surface area contributed by atoms with Crippen molar-refractivity contribution in [2.75, 3.05) is 28.7 Å². The van der Waals surface area contributed by atoms with Crippen LogP contribution in [0.1, 0.15) is 32.9 Å². The summed E-state index contributed by atoms with van der Waals surface area (Å²) < 4.78 is 33.3. The number of nitrogen functional groups attached to an aromatic ring is 3. The number of rotatable bonds is 12. The van der Waals surface area contributed by atoms with Gasteiger partial charge in [0.25, 0.3) is 11.8 Å². The van der Waals surface area contributed by atoms with Gasteiger partial charge in [0, 0.05) is 16.9 Å². The van der Waals surface area contributed by atoms with Crippen molar-refractivity contribution in [3.8, 4) is 0 Å². The minimum atomic E-state index is -5.19. The van der Waals surface area contributed by atoms with Crippen molar-refractivity contribution in [2.24, 2.45) is 5.16 Å². The number of halogens is 3. The van der Waals surface area contributed by atoms with Crippen LogP contribution in [0.3, 0.4) is 0 Å². The van der Waals surface area contributed by atoms with Gasteiger partial charge in [0.15, 0.2) is 10.8 Å². The Hall–Kier alpha value is -4.84. The van der Waals surface area contributed by atoms with Crippen molar-refractivity contribution in [2.45, 2.75) is 62.1 Å². The Morgan fingerprint density at radius 2 is 1.86 bits per heavy atom. The van der Waals surface area contributed by atoms with Crippen molar-refractivity contribution < 1.29 is 61.9 Å². The predicted octanol–water partition coefficient (Wildman–Crippen LogP) is -0.604. The van der Waals surface area contributed by atoms with Crippen LogP contribution in [0.5, 0.6) is 0 Å². The Labute approximate surface area is 292 Å². The average Bonchev–Trinajstić information content (AvgIpc) is 3.44. The molecule has 0 aromatic carbocycles. The molecule has 2 aliphatic heterocycles. The van der Waals surface area contributed by atoms with Crippen LogP contribution in [-0.4, -0.2) is 95.2 Å². The summed E-state index contributed by atoms with van der Waals surface area (Å²) >= 11 is 3.56. The lowest BCUT2D eigenvalue weighted by atomic mass is 10.0. The van der Waals surface area contributed by atoms with Crippen LogP contribution in [0.25, 0.3) is 0 Å². The molecular formula is C26H30F3N9O9S3. The maximum atomic E-state index is 13.3. The Morgan fingerprint density at radius 1 is 1.22 bits per heavy atom. The number of nitrogens with two attached hydrogens (primary N) is 3. The molecule has 1 saturated heterocycles. The van der Waals surface area contributed by atoms with E-state index < -0.39 is 58.6 Å². The number of thiazole rings is 1. The number of amides is 2. The third-order valence-corrected chi connectivity index (χ3v) is 9.59. The van der Waals surface area contributed by atoms with E-state index in [4.69, 9.17) is 31.9 Å². The van der Waals surface area contributed by atoms with Gasteiger partial charge in [-0.25, -0.2) is 19.1 Å². The third-order valence-electron chi connectivity index (χ3n) is 6.51. The minimum Gasteiger partial charge on any atom is -0.542 e. The van der Waals surface area contributed by atoms with Crippen LogP contribution in [-0.2, 0) is 35.4 Å². The second kappa shape index (κ2) is 15.8. The predicted molar refractivity (Wildman–Crippen MR) is 171 cm³/mol. The van der Waals surface area contributed by atoms with Gasteiger partial charge in [0.2, 0.25) is 17.2 Å². The number of oxime groups is 1. The van der Waals surface area contributed by atoms with E-state index in [-0.39, 0.29) is 33.8 Å². The lowest BCUT2D eigenvalue weighted by molar-refractivity contribution is -0.723. The molecule has 2 atom stereocenters. The standard InChI is InChI=1S/C24H29N9O7S3.C2HF3O2/c1-4-5-32-13(26)6-12(25)29-23(32)43-8-10-7-41-19-15(18(35)33(19)16(10)20(36)37)30-17(34)14(11-9-42-22(27)28-11)31-40-24(2,3)21(38)39;3-2(4,5)1(6)7/h6,9,15,19H,4-5,7-8H2,1-3H3,(H8,25,26,27,28,30,34,36,37,38,39);(H,6,7)/b31-14-;. The summed E-state index contributed by atoms with van der Waals surface area (Å²) in [6.07, 6.45) is -4.41. The number of carbonyl (C=O) groups excluding carboxylic acids is 3. The maximum absolute atomic E-state index is 13.3. The summed E-state index contributed by atoms with van der Waals surface area (Å²) in [4.78, 5) is 73.6. The van der Waals surface area contributed by atoms with E-state index in [0.29, 0.717) is 23.1 Å². The summed E-state index contributed by atoms with van der Waals surface area (Å²) in [5.74, 6) is -6.00. The Balaban J connectivity index is 0.000000872. The van der Waals surface area contributed by atoms with Gasteiger partial charge in [0.1, 0.15) is 28.8 Å². The Morgan fingerprint density at radius 3 is 2.38 bits per heavy atom. The Bertz CT molecular complexity index is 1750. The second-order valence-corrected chi connectivity index (χ2v) is 13.6. The van der Waals surface area contributed by atoms with E-state index in [0.717, 1.165) is 22.7 Å². The molecule has 0 saturated carbocycles. The van der Waals surface area contributed by atoms with Gasteiger partial charge >= 0.3 is 23.3 Å². The number of nitrogens with one attached hydrogen (secondary N) is 1. The summed E-state index contributed by atoms with van der Waals surface area (Å²) in [5, 5.41) is 35.8. The molecule has 2 aliphatic rings. The van der Waals surface area contributed by atoms with Gasteiger partial charge in [-0.3, -0.25) is 14.5 Å². The van der Waals surface area contributed by atoms with Crippen LogP contribution in [0.2, 0.25) is 0 Å². The number of hydrogen-bond acceptors (Lipinski definition) is 16. The van der Waals surface area contributed by atoms with Gasteiger partial charge in [-0.2, -0.15) is 13.2 Å². The smallest absolute Gasteiger partial charge is 0.430 e. The number of hydrogen-bond donors (Lipinski definition) is 6. The van der Waals surface area contributed by atoms with Gasteiger partial charge in [0.05, 0.1) is 12.6 Å². The van der Waals surface area contributed by atoms with Gasteiger partial charge < -0.3 is 47.5 Å². The van der Waals surface area contributed by atoms with Crippen molar-refractivity contribution >= 4 is 87.1 Å². The lowest BCUT2D eigenvalue weighted by Gasteiger charge is -2.49. The van der Waals surface area contributed by atoms with Crippen molar-refractivity contribution in [3.63, 3.8) is 0 Å². The minimum absolute atomic E-state index is 0.0163. The zero-order valence-electron chi connectivity index (χ0n) is 26.2. The van der Waals surface area contributed by atoms with E-state index >= 15 is 0 Å². The number of alkyl halides is 3. The first kappa shape index (κ1) is 39.6. The topological polar surface area (TPSA) is 293 Å². The Kier molecular flexibility index (Phi) is 12.5. The molecule has 2 aromatic rings. The molecule has 2 aromatic heterocycles. The van der Waals surface area contributed by atoms with Crippen LogP contribution < -0.4 is 32.2 Å². The van der Waals surface area contributed by atoms with E-state index in [9.17, 15) is 42.6 Å². The zero-order chi connectivity index (χ0) is 37.7. The first-order valence-electron chi connectivity index (χ1n) is 14.0. The monoisotopic (exact) mass is 765 g/mol. The molecule has 0 radical (unpaired) electrons. The fourth-order valence-electron chi connectivity index (χ4n) is 4.06. The molecule has 0 spiro atoms. The third kappa shape index (κ3) is 9.23. The van der Waals surface area contributed by atoms with Gasteiger partial charge in [-0.05, 0) is 37.6 Å². The molecule has 1 fully saturated rings. The molecule has 50 heavy (non-hydrogen) atoms. The maximum Gasteiger partial charge on any atom is 0.430 e. The number of β-lactam (4-membered cyclic amide) rings is 1. The number of carboxylic acids is 3. The highest BCUT2D eigenvalue weighted by atomic mass is 32.2. The van der Waals surface area contributed by atoms with Crippen LogP contribution in [0.15, 0.2) is 33.0 Å². The highest BCUT2D eigenvalue weighted by molar-refractivity contribution is 8.01. The number of anilines is 3. The number of nitrogens with zero attached hydrogens (tertiary/aromatic N) is 5. The molecule has 2 amide bonds. The van der Waals surface area contributed by atoms with Gasteiger partial charge in [-0.15, -0.1) is 23.1 Å². The number of aliphatic carboxylic acids is 3. The molecule has 18 nitrogen and oxygen atoms in total. The normalized spacial score (nSPS) is 17.6. The lowest BCUT2D eigenvalue weighted by Crippen LogP contribution is -2.71. The van der Waals surface area contributed by atoms with E-state index in [1.54, 1.807) is 10.6 Å². The van der Waals surface area contributed by atoms with E-state index in [1.165, 1.54) is 42.8 Å². The van der Waals surface area contributed by atoms with Crippen molar-refractivity contribution in [1.29, 1.82) is 0 Å². The number of aromatic nitrogens is 3. The molecule has 2 unspecified atom stereocenters. The molecule has 4 heterocycles. The highest BCUT2D eigenvalue weighted by Gasteiger charge is 2.54. The number of carboxylic acid groups (broad SMARTS) is 3. The molecule has 9 N–H and O–H groups in total. The molecule has 272 valence electrons. The van der Waals surface area contributed by atoms with Crippen LogP contribution in [0, 0.1) is 0 Å². The fourth-order valence-corrected chi connectivity index (χ4v) is 7.14. The van der Waals surface area contributed by atoms with E-state index in [2.05, 4.69) is 20.4 Å². The quantitative estimate of drug-likeness (QED) is 0.0392. The van der Waals surface area contributed by atoms with Gasteiger partial charge in [-0.1, -0.05) is 17.1 Å². The zero-order valence-corrected chi connectivity index (χ0v) is 28.7. The summed E-state index contributed by atoms with van der Waals surface area (Å²) in [7, 11) is 0. The molecule has 24 heteroatoms. The second-order valence-electron chi connectivity index (χ2n) is 10.6. The summed E-state index contributed by atoms with van der Waals surface area (Å²) in [5.41, 5.74) is 15.9. The molecular weight excluding hydrogens is 736 g/mol. The summed E-state index contributed by atoms with van der Waals surface area (Å²) in [6, 6.07) is 0.464. The summed E-state index contributed by atoms with van der Waals surface area (Å²) in [6.45, 7) is 5.06. The number of carbonyl (C=O) groups is 5. The van der Waals surface area contributed by atoms with Crippen LogP contribution in [0.4, 0.5) is 29.9 Å². The average molecular weight is 766 g/mol. The number of thioether (sulfide) groups is 2. The molecule has 4 rings (SSSR count). The first-order chi connectivity index (χ1) is 23.2. The van der Waals surface area contributed by atoms with Crippen LogP contribution >= 0.6 is 34.9 Å². The fraction of sp³-hybridized carbons (Fsp3) is 0.423. The van der Waals surface area contributed by atoms with Crippen molar-refractivity contribution in [1.82, 2.24) is 20.2 Å². The molecule has 0 bridgehead atoms. The van der Waals surface area contributed by atoms with Crippen molar-refractivity contribution in [3.05, 3.63) is 28.4 Å². The highest BCUT2D eigenvalue weighted by Crippen LogP contribution is 2.41. The molecule has 0 aliphatic carbocycles. The largest absolute Gasteiger partial charge is 0.542 e. The first-order valence-corrected chi connectivity index (χ1v) is 16.9. The van der Waals surface area contributed by atoms with E-state index in [1.807, 2.05) is 6.92 Å². The SMILES string of the molecule is CCC[n+]1c(N)cc(N)nc1SCC1=C(C(=O)O)N2C(=O)C(NC(=O)/C(=N\OC(C)(C)C(=O)O)c3csc(N)n3)C2SC1.O=C([O-])C(F)(F)F. The number of fused-ring (bicyclic) bond motifs is 1.